The van der Waals surface area contributed by atoms with E-state index in [4.69, 9.17) is 15.3 Å². The van der Waals surface area contributed by atoms with Crippen LogP contribution in [-0.4, -0.2) is 23.8 Å². The molecular weight excluding hydrogens is 352 g/mol. The molecule has 142 valence electrons. The van der Waals surface area contributed by atoms with Gasteiger partial charge in [-0.25, -0.2) is 0 Å². The molecule has 0 bridgehead atoms. The van der Waals surface area contributed by atoms with Gasteiger partial charge in [-0.15, -0.1) is 0 Å². The molecule has 1 aromatic rings. The number of phenols is 1. The number of nitriles is 3. The van der Waals surface area contributed by atoms with Gasteiger partial charge in [0.25, 0.3) is 0 Å². The van der Waals surface area contributed by atoms with Gasteiger partial charge < -0.3 is 14.7 Å². The van der Waals surface area contributed by atoms with Gasteiger partial charge in [-0.2, -0.15) is 15.8 Å². The van der Waals surface area contributed by atoms with Crippen molar-refractivity contribution in [2.24, 2.45) is 0 Å². The first-order chi connectivity index (χ1) is 13.3. The molecule has 1 aliphatic rings. The minimum Gasteiger partial charge on any atom is -0.507 e. The molecule has 0 aliphatic carbocycles. The Morgan fingerprint density at radius 2 is 1.79 bits per heavy atom. The summed E-state index contributed by atoms with van der Waals surface area (Å²) in [6.07, 6.45) is 3.38. The van der Waals surface area contributed by atoms with Crippen molar-refractivity contribution in [1.29, 1.82) is 15.8 Å². The summed E-state index contributed by atoms with van der Waals surface area (Å²) in [6, 6.07) is 11.0. The van der Waals surface area contributed by atoms with Crippen molar-refractivity contribution < 1.29 is 9.84 Å². The Balaban J connectivity index is 2.49. The predicted molar refractivity (Wildman–Crippen MR) is 107 cm³/mol. The lowest BCUT2D eigenvalue weighted by Crippen LogP contribution is -2.21. The van der Waals surface area contributed by atoms with E-state index < -0.39 is 5.60 Å². The van der Waals surface area contributed by atoms with E-state index in [0.717, 1.165) is 18.8 Å². The molecule has 2 rings (SSSR count). The van der Waals surface area contributed by atoms with Gasteiger partial charge in [0.15, 0.2) is 11.3 Å². The van der Waals surface area contributed by atoms with Crippen LogP contribution in [0.3, 0.4) is 0 Å². The lowest BCUT2D eigenvalue weighted by atomic mass is 9.94. The molecule has 0 saturated carbocycles. The molecule has 0 radical (unpaired) electrons. The van der Waals surface area contributed by atoms with Crippen LogP contribution in [0.4, 0.5) is 5.69 Å². The summed E-state index contributed by atoms with van der Waals surface area (Å²) >= 11 is 0. The lowest BCUT2D eigenvalue weighted by Gasteiger charge is -2.21. The highest BCUT2D eigenvalue weighted by molar-refractivity contribution is 5.68. The fourth-order valence-corrected chi connectivity index (χ4v) is 3.11. The molecule has 0 saturated heterocycles. The zero-order chi connectivity index (χ0) is 20.9. The Bertz CT molecular complexity index is 975. The van der Waals surface area contributed by atoms with E-state index in [2.05, 4.69) is 4.90 Å². The molecule has 0 fully saturated rings. The Morgan fingerprint density at radius 3 is 2.29 bits per heavy atom. The third-order valence-corrected chi connectivity index (χ3v) is 4.64. The third-order valence-electron chi connectivity index (χ3n) is 4.64. The molecule has 0 amide bonds. The van der Waals surface area contributed by atoms with Crippen molar-refractivity contribution in [2.75, 3.05) is 18.0 Å². The van der Waals surface area contributed by atoms with E-state index in [1.807, 2.05) is 32.0 Å². The maximum atomic E-state index is 10.4. The van der Waals surface area contributed by atoms with Crippen molar-refractivity contribution in [1.82, 2.24) is 0 Å². The van der Waals surface area contributed by atoms with Crippen molar-refractivity contribution in [2.45, 2.75) is 33.3 Å². The second kappa shape index (κ2) is 8.33. The molecule has 0 atom stereocenters. The zero-order valence-corrected chi connectivity index (χ0v) is 16.4. The van der Waals surface area contributed by atoms with Crippen LogP contribution in [-0.2, 0) is 4.74 Å². The standard InChI is InChI=1S/C22H22N4O2/c1-5-26(6-2)17-9-7-15(20(27)11-17)8-10-19-18(14-25)21(16(12-23)13-24)28-22(19,3)4/h7-11,27H,5-6H2,1-4H3/b10-8+. The van der Waals surface area contributed by atoms with Crippen LogP contribution < -0.4 is 4.90 Å². The molecule has 1 N–H and O–H groups in total. The number of rotatable bonds is 5. The summed E-state index contributed by atoms with van der Waals surface area (Å²) in [5, 5.41) is 38.2. The Labute approximate surface area is 165 Å². The summed E-state index contributed by atoms with van der Waals surface area (Å²) in [6.45, 7) is 9.29. The summed E-state index contributed by atoms with van der Waals surface area (Å²) in [5.74, 6) is 0.125. The van der Waals surface area contributed by atoms with Crippen molar-refractivity contribution in [3.8, 4) is 24.0 Å². The van der Waals surface area contributed by atoms with Crippen molar-refractivity contribution in [3.05, 3.63) is 52.3 Å². The maximum Gasteiger partial charge on any atom is 0.172 e. The smallest absolute Gasteiger partial charge is 0.172 e. The zero-order valence-electron chi connectivity index (χ0n) is 16.4. The van der Waals surface area contributed by atoms with Crippen LogP contribution in [0.15, 0.2) is 46.8 Å². The Kier molecular flexibility index (Phi) is 6.14. The first kappa shape index (κ1) is 20.6. The minimum atomic E-state index is -0.882. The molecule has 28 heavy (non-hydrogen) atoms. The molecule has 1 aromatic carbocycles. The second-order valence-electron chi connectivity index (χ2n) is 6.69. The first-order valence-electron chi connectivity index (χ1n) is 8.97. The van der Waals surface area contributed by atoms with Gasteiger partial charge in [0.05, 0.1) is 0 Å². The Hall–Kier alpha value is -3.69. The van der Waals surface area contributed by atoms with Crippen molar-refractivity contribution in [3.63, 3.8) is 0 Å². The number of aromatic hydroxyl groups is 1. The van der Waals surface area contributed by atoms with Crippen LogP contribution in [0, 0.1) is 34.0 Å². The highest BCUT2D eigenvalue weighted by atomic mass is 16.5. The quantitative estimate of drug-likeness (QED) is 0.775. The van der Waals surface area contributed by atoms with Crippen LogP contribution >= 0.6 is 0 Å². The van der Waals surface area contributed by atoms with E-state index in [0.29, 0.717) is 11.1 Å². The largest absolute Gasteiger partial charge is 0.507 e. The van der Waals surface area contributed by atoms with E-state index in [9.17, 15) is 10.4 Å². The number of benzene rings is 1. The fraction of sp³-hybridized carbons (Fsp3) is 0.318. The highest BCUT2D eigenvalue weighted by Gasteiger charge is 2.38. The van der Waals surface area contributed by atoms with E-state index in [-0.39, 0.29) is 22.7 Å². The number of ether oxygens (including phenoxy) is 1. The maximum absolute atomic E-state index is 10.4. The molecule has 0 spiro atoms. The molecular formula is C22H22N4O2. The summed E-state index contributed by atoms with van der Waals surface area (Å²) in [5.41, 5.74) is 1.10. The average Bonchev–Trinajstić information content (AvgIpc) is 2.93. The van der Waals surface area contributed by atoms with Crippen LogP contribution in [0.25, 0.3) is 6.08 Å². The van der Waals surface area contributed by atoms with Gasteiger partial charge in [0, 0.05) is 36.0 Å². The SMILES string of the molecule is CCN(CC)c1ccc(/C=C/C2=C(C#N)C(=C(C#N)C#N)OC2(C)C)c(O)c1. The molecule has 6 nitrogen and oxygen atoms in total. The summed E-state index contributed by atoms with van der Waals surface area (Å²) < 4.78 is 5.72. The van der Waals surface area contributed by atoms with E-state index in [1.54, 1.807) is 44.2 Å². The third kappa shape index (κ3) is 3.85. The predicted octanol–water partition coefficient (Wildman–Crippen LogP) is 4.18. The molecule has 1 heterocycles. The Morgan fingerprint density at radius 1 is 1.14 bits per heavy atom. The van der Waals surface area contributed by atoms with Crippen LogP contribution in [0.1, 0.15) is 33.3 Å². The van der Waals surface area contributed by atoms with Crippen LogP contribution in [0.5, 0.6) is 5.75 Å². The average molecular weight is 374 g/mol. The molecule has 0 aromatic heterocycles. The number of hydrogen-bond acceptors (Lipinski definition) is 6. The molecule has 1 aliphatic heterocycles. The van der Waals surface area contributed by atoms with Gasteiger partial charge in [-0.1, -0.05) is 12.2 Å². The lowest BCUT2D eigenvalue weighted by molar-refractivity contribution is 0.0954. The topological polar surface area (TPSA) is 104 Å². The number of phenolic OH excluding ortho intramolecular Hbond substituents is 1. The number of allylic oxidation sites excluding steroid dienone is 2. The summed E-state index contributed by atoms with van der Waals surface area (Å²) in [7, 11) is 0. The van der Waals surface area contributed by atoms with Gasteiger partial charge in [0.1, 0.15) is 35.1 Å². The monoisotopic (exact) mass is 374 g/mol. The number of hydrogen-bond donors (Lipinski definition) is 1. The van der Waals surface area contributed by atoms with Gasteiger partial charge in [-0.05, 0) is 39.8 Å². The summed E-state index contributed by atoms with van der Waals surface area (Å²) in [4.78, 5) is 2.12. The van der Waals surface area contributed by atoms with Crippen molar-refractivity contribution >= 4 is 11.8 Å². The molecule has 6 heteroatoms. The first-order valence-corrected chi connectivity index (χ1v) is 8.97. The van der Waals surface area contributed by atoms with Gasteiger partial charge in [0.2, 0.25) is 0 Å². The second-order valence-corrected chi connectivity index (χ2v) is 6.69. The normalized spacial score (nSPS) is 15.0. The van der Waals surface area contributed by atoms with Crippen LogP contribution in [0.2, 0.25) is 0 Å². The van der Waals surface area contributed by atoms with Gasteiger partial charge in [-0.3, -0.25) is 0 Å². The molecule has 0 unspecified atom stereocenters. The van der Waals surface area contributed by atoms with E-state index >= 15 is 0 Å². The highest BCUT2D eigenvalue weighted by Crippen LogP contribution is 2.40. The fourth-order valence-electron chi connectivity index (χ4n) is 3.11. The van der Waals surface area contributed by atoms with E-state index in [1.165, 1.54) is 0 Å². The number of nitrogens with zero attached hydrogens (tertiary/aromatic N) is 4. The van der Waals surface area contributed by atoms with Gasteiger partial charge >= 0.3 is 0 Å². The number of anilines is 1. The minimum absolute atomic E-state index is 0.00162.